The van der Waals surface area contributed by atoms with E-state index in [1.807, 2.05) is 0 Å². The van der Waals surface area contributed by atoms with Crippen LogP contribution in [0.2, 0.25) is 5.02 Å². The Morgan fingerprint density at radius 2 is 1.89 bits per heavy atom. The van der Waals surface area contributed by atoms with Crippen molar-refractivity contribution in [2.75, 3.05) is 18.8 Å². The molecular weight excluding hydrogens is 513 g/mol. The van der Waals surface area contributed by atoms with Crippen molar-refractivity contribution in [1.82, 2.24) is 10.2 Å². The fraction of sp³-hybridized carbons (Fsp3) is 0.500. The molecule has 0 aliphatic carbocycles. The van der Waals surface area contributed by atoms with Gasteiger partial charge in [0.05, 0.1) is 16.2 Å². The molecule has 2 aromatic carbocycles. The van der Waals surface area contributed by atoms with Crippen LogP contribution < -0.4 is 5.32 Å². The van der Waals surface area contributed by atoms with Crippen molar-refractivity contribution >= 4 is 27.3 Å². The first kappa shape index (κ1) is 28.5. The molecule has 1 saturated heterocycles. The molecular formula is C26H32ClF3N2O3S. The van der Waals surface area contributed by atoms with Crippen LogP contribution in [0.3, 0.4) is 0 Å². The number of halogens is 4. The molecule has 1 N–H and O–H groups in total. The third-order valence-corrected chi connectivity index (χ3v) is 8.61. The number of rotatable bonds is 9. The minimum absolute atomic E-state index is 0.0314. The zero-order valence-corrected chi connectivity index (χ0v) is 22.1. The van der Waals surface area contributed by atoms with E-state index < -0.39 is 27.5 Å². The fourth-order valence-corrected chi connectivity index (χ4v) is 6.03. The zero-order chi connectivity index (χ0) is 26.5. The van der Waals surface area contributed by atoms with E-state index in [1.165, 1.54) is 37.3 Å². The van der Waals surface area contributed by atoms with Crippen LogP contribution in [0.5, 0.6) is 0 Å². The summed E-state index contributed by atoms with van der Waals surface area (Å²) in [6.45, 7) is 5.13. The van der Waals surface area contributed by atoms with Gasteiger partial charge in [-0.3, -0.25) is 9.69 Å². The molecule has 0 aromatic heterocycles. The van der Waals surface area contributed by atoms with Crippen molar-refractivity contribution in [3.8, 4) is 0 Å². The summed E-state index contributed by atoms with van der Waals surface area (Å²) in [5, 5.41) is 2.83. The van der Waals surface area contributed by atoms with Crippen LogP contribution in [0.4, 0.5) is 13.2 Å². The maximum Gasteiger partial charge on any atom is 0.416 e. The quantitative estimate of drug-likeness (QED) is 0.414. The molecule has 1 amide bonds. The van der Waals surface area contributed by atoms with E-state index in [1.54, 1.807) is 0 Å². The highest BCUT2D eigenvalue weighted by Crippen LogP contribution is 2.34. The van der Waals surface area contributed by atoms with Crippen molar-refractivity contribution in [3.63, 3.8) is 0 Å². The average molecular weight is 545 g/mol. The Hall–Kier alpha value is -2.10. The molecule has 1 heterocycles. The number of benzene rings is 2. The number of sulfone groups is 1. The molecule has 1 unspecified atom stereocenters. The molecule has 3 rings (SSSR count). The van der Waals surface area contributed by atoms with Gasteiger partial charge in [0.2, 0.25) is 0 Å². The SMILES string of the molecule is CCCC1CCCN(Cc2ccc(C(=O)NCc3cc(Cl)ccc3S(=O)(=O)CC)cc2C(F)(F)F)C1. The Labute approximate surface area is 215 Å². The van der Waals surface area contributed by atoms with Gasteiger partial charge in [-0.15, -0.1) is 0 Å². The molecule has 10 heteroatoms. The molecule has 0 radical (unpaired) electrons. The molecule has 1 aliphatic heterocycles. The van der Waals surface area contributed by atoms with Crippen LogP contribution in [0, 0.1) is 5.92 Å². The van der Waals surface area contributed by atoms with E-state index in [2.05, 4.69) is 17.1 Å². The minimum Gasteiger partial charge on any atom is -0.348 e. The highest BCUT2D eigenvalue weighted by atomic mass is 35.5. The first-order chi connectivity index (χ1) is 16.9. The van der Waals surface area contributed by atoms with Crippen LogP contribution in [0.15, 0.2) is 41.3 Å². The number of amides is 1. The third kappa shape index (κ3) is 7.23. The van der Waals surface area contributed by atoms with E-state index in [0.29, 0.717) is 5.92 Å². The number of alkyl halides is 3. The summed E-state index contributed by atoms with van der Waals surface area (Å²) < 4.78 is 66.5. The van der Waals surface area contributed by atoms with Gasteiger partial charge < -0.3 is 5.32 Å². The molecule has 36 heavy (non-hydrogen) atoms. The van der Waals surface area contributed by atoms with Crippen molar-refractivity contribution in [1.29, 1.82) is 0 Å². The summed E-state index contributed by atoms with van der Waals surface area (Å²) in [6, 6.07) is 7.86. The summed E-state index contributed by atoms with van der Waals surface area (Å²) in [4.78, 5) is 14.8. The van der Waals surface area contributed by atoms with Crippen molar-refractivity contribution in [3.05, 3.63) is 63.7 Å². The van der Waals surface area contributed by atoms with Gasteiger partial charge in [-0.25, -0.2) is 8.42 Å². The van der Waals surface area contributed by atoms with Crippen LogP contribution in [0.25, 0.3) is 0 Å². The van der Waals surface area contributed by atoms with E-state index in [4.69, 9.17) is 11.6 Å². The Morgan fingerprint density at radius 3 is 2.56 bits per heavy atom. The van der Waals surface area contributed by atoms with Crippen LogP contribution >= 0.6 is 11.6 Å². The molecule has 5 nitrogen and oxygen atoms in total. The Morgan fingerprint density at radius 1 is 1.14 bits per heavy atom. The number of nitrogens with zero attached hydrogens (tertiary/aromatic N) is 1. The number of likely N-dealkylation sites (tertiary alicyclic amines) is 1. The third-order valence-electron chi connectivity index (χ3n) is 6.55. The van der Waals surface area contributed by atoms with Gasteiger partial charge in [0.1, 0.15) is 0 Å². The standard InChI is InChI=1S/C26H32ClF3N2O3S/c1-3-6-18-7-5-12-32(16-18)17-20-9-8-19(14-23(20)26(28,29)30)25(33)31-15-21-13-22(27)10-11-24(21)36(34,35)4-2/h8-11,13-14,18H,3-7,12,15-17H2,1-2H3,(H,31,33). The number of piperidine rings is 1. The summed E-state index contributed by atoms with van der Waals surface area (Å²) in [5.41, 5.74) is -0.556. The topological polar surface area (TPSA) is 66.5 Å². The molecule has 0 spiro atoms. The van der Waals surface area contributed by atoms with Gasteiger partial charge in [0, 0.05) is 30.2 Å². The fourth-order valence-electron chi connectivity index (χ4n) is 4.72. The lowest BCUT2D eigenvalue weighted by atomic mass is 9.93. The lowest BCUT2D eigenvalue weighted by Crippen LogP contribution is -2.35. The lowest BCUT2D eigenvalue weighted by Gasteiger charge is -2.33. The average Bonchev–Trinajstić information content (AvgIpc) is 2.82. The smallest absolute Gasteiger partial charge is 0.348 e. The normalized spacial score (nSPS) is 17.2. The summed E-state index contributed by atoms with van der Waals surface area (Å²) >= 11 is 6.00. The monoisotopic (exact) mass is 544 g/mol. The Bertz CT molecular complexity index is 1180. The maximum absolute atomic E-state index is 13.9. The van der Waals surface area contributed by atoms with Crippen molar-refractivity contribution < 1.29 is 26.4 Å². The second-order valence-corrected chi connectivity index (χ2v) is 11.9. The number of hydrogen-bond donors (Lipinski definition) is 1. The number of hydrogen-bond acceptors (Lipinski definition) is 4. The van der Waals surface area contributed by atoms with Crippen LogP contribution in [-0.4, -0.2) is 38.1 Å². The Balaban J connectivity index is 1.79. The summed E-state index contributed by atoms with van der Waals surface area (Å²) in [5.74, 6) is -0.369. The predicted octanol–water partition coefficient (Wildman–Crippen LogP) is 6.09. The molecule has 1 atom stereocenters. The van der Waals surface area contributed by atoms with Gasteiger partial charge in [-0.1, -0.05) is 37.9 Å². The number of carbonyl (C=O) groups is 1. The number of carbonyl (C=O) groups excluding carboxylic acids is 1. The molecule has 0 bridgehead atoms. The first-order valence-corrected chi connectivity index (χ1v) is 14.2. The first-order valence-electron chi connectivity index (χ1n) is 12.2. The van der Waals surface area contributed by atoms with E-state index in [9.17, 15) is 26.4 Å². The predicted molar refractivity (Wildman–Crippen MR) is 135 cm³/mol. The largest absolute Gasteiger partial charge is 0.416 e. The Kier molecular flexibility index (Phi) is 9.46. The summed E-state index contributed by atoms with van der Waals surface area (Å²) in [7, 11) is -3.58. The highest BCUT2D eigenvalue weighted by Gasteiger charge is 2.35. The van der Waals surface area contributed by atoms with Gasteiger partial charge in [0.25, 0.3) is 5.91 Å². The van der Waals surface area contributed by atoms with E-state index >= 15 is 0 Å². The molecule has 0 saturated carbocycles. The van der Waals surface area contributed by atoms with Crippen LogP contribution in [0.1, 0.15) is 66.6 Å². The molecule has 2 aromatic rings. The van der Waals surface area contributed by atoms with Crippen molar-refractivity contribution in [2.45, 2.75) is 63.7 Å². The van der Waals surface area contributed by atoms with Gasteiger partial charge in [-0.2, -0.15) is 13.2 Å². The van der Waals surface area contributed by atoms with Gasteiger partial charge in [0.15, 0.2) is 9.84 Å². The highest BCUT2D eigenvalue weighted by molar-refractivity contribution is 7.91. The minimum atomic E-state index is -4.61. The number of nitrogens with one attached hydrogen (secondary N) is 1. The van der Waals surface area contributed by atoms with E-state index in [0.717, 1.165) is 44.8 Å². The van der Waals surface area contributed by atoms with E-state index in [-0.39, 0.29) is 45.5 Å². The molecule has 198 valence electrons. The van der Waals surface area contributed by atoms with Crippen LogP contribution in [-0.2, 0) is 29.1 Å². The maximum atomic E-state index is 13.9. The molecule has 1 aliphatic rings. The zero-order valence-electron chi connectivity index (χ0n) is 20.5. The second kappa shape index (κ2) is 12.0. The van der Waals surface area contributed by atoms with Crippen molar-refractivity contribution in [2.24, 2.45) is 5.92 Å². The van der Waals surface area contributed by atoms with Gasteiger partial charge >= 0.3 is 6.18 Å². The summed E-state index contributed by atoms with van der Waals surface area (Å²) in [6.07, 6.45) is -0.429. The lowest BCUT2D eigenvalue weighted by molar-refractivity contribution is -0.138. The van der Waals surface area contributed by atoms with Gasteiger partial charge in [-0.05, 0) is 73.2 Å². The molecule has 1 fully saturated rings. The second-order valence-electron chi connectivity index (χ2n) is 9.24.